The van der Waals surface area contributed by atoms with Gasteiger partial charge in [-0.2, -0.15) is 13.2 Å². The number of hydrogen-bond donors (Lipinski definition) is 1. The highest BCUT2D eigenvalue weighted by Gasteiger charge is 2.46. The van der Waals surface area contributed by atoms with Crippen molar-refractivity contribution in [2.75, 3.05) is 36.5 Å². The molecule has 12 heteroatoms. The number of fused-ring (bicyclic) bond motifs is 1. The van der Waals surface area contributed by atoms with Gasteiger partial charge in [0.1, 0.15) is 11.9 Å². The number of morpholine rings is 1. The molecule has 1 N–H and O–H groups in total. The molecule has 32 heavy (non-hydrogen) atoms. The zero-order valence-corrected chi connectivity index (χ0v) is 18.6. The molecule has 1 saturated heterocycles. The molecule has 0 saturated carbocycles. The number of rotatable bonds is 4. The smallest absolute Gasteiger partial charge is 0.378 e. The maximum atomic E-state index is 13.4. The van der Waals surface area contributed by atoms with Crippen LogP contribution in [0.5, 0.6) is 0 Å². The molecule has 4 rings (SSSR count). The first kappa shape index (κ1) is 22.5. The minimum atomic E-state index is -4.53. The minimum Gasteiger partial charge on any atom is -0.378 e. The Morgan fingerprint density at radius 2 is 1.97 bits per heavy atom. The Kier molecular flexibility index (Phi) is 5.84. The molecule has 2 aliphatic heterocycles. The lowest BCUT2D eigenvalue weighted by molar-refractivity contribution is -0.172. The van der Waals surface area contributed by atoms with Crippen LogP contribution >= 0.6 is 11.3 Å². The van der Waals surface area contributed by atoms with Gasteiger partial charge in [0.05, 0.1) is 35.0 Å². The number of nitrogens with zero attached hydrogens (tertiary/aromatic N) is 4. The summed E-state index contributed by atoms with van der Waals surface area (Å²) in [7, 11) is 0. The SMILES string of the molecule is CC(=O)Nc1nc(C)c(-c2cc3c(c(N4CCOCC4)n2)C(=O)N([C@@H](C)C(F)(F)F)C3)s1. The van der Waals surface area contributed by atoms with Gasteiger partial charge in [-0.25, -0.2) is 9.97 Å². The predicted octanol–water partition coefficient (Wildman–Crippen LogP) is 3.22. The van der Waals surface area contributed by atoms with E-state index in [-0.39, 0.29) is 18.0 Å². The van der Waals surface area contributed by atoms with Gasteiger partial charge in [-0.05, 0) is 25.5 Å². The molecular weight excluding hydrogens is 447 g/mol. The topological polar surface area (TPSA) is 87.7 Å². The summed E-state index contributed by atoms with van der Waals surface area (Å²) in [6.07, 6.45) is -4.53. The van der Waals surface area contributed by atoms with Crippen LogP contribution in [0.2, 0.25) is 0 Å². The van der Waals surface area contributed by atoms with E-state index in [2.05, 4.69) is 10.3 Å². The van der Waals surface area contributed by atoms with Crippen molar-refractivity contribution < 1.29 is 27.5 Å². The fourth-order valence-electron chi connectivity index (χ4n) is 3.79. The van der Waals surface area contributed by atoms with Gasteiger partial charge >= 0.3 is 6.18 Å². The lowest BCUT2D eigenvalue weighted by Crippen LogP contribution is -2.44. The Balaban J connectivity index is 1.80. The fraction of sp³-hybridized carbons (Fsp3) is 0.500. The summed E-state index contributed by atoms with van der Waals surface area (Å²) in [5.41, 5.74) is 1.83. The van der Waals surface area contributed by atoms with E-state index in [9.17, 15) is 22.8 Å². The fourth-order valence-corrected chi connectivity index (χ4v) is 4.76. The van der Waals surface area contributed by atoms with Crippen LogP contribution in [-0.4, -0.2) is 65.2 Å². The molecular formula is C20H22F3N5O3S. The Bertz CT molecular complexity index is 1070. The molecule has 2 amide bonds. The summed E-state index contributed by atoms with van der Waals surface area (Å²) in [6.45, 7) is 5.80. The van der Waals surface area contributed by atoms with Crippen LogP contribution in [0.25, 0.3) is 10.6 Å². The Labute approximate surface area is 186 Å². The van der Waals surface area contributed by atoms with Crippen molar-refractivity contribution in [2.45, 2.75) is 39.5 Å². The molecule has 0 unspecified atom stereocenters. The second-order valence-corrected chi connectivity index (χ2v) is 8.73. The van der Waals surface area contributed by atoms with Crippen LogP contribution in [0.3, 0.4) is 0 Å². The Morgan fingerprint density at radius 1 is 1.28 bits per heavy atom. The first-order valence-corrected chi connectivity index (χ1v) is 10.9. The first-order chi connectivity index (χ1) is 15.1. The number of aryl methyl sites for hydroxylation is 1. The highest BCUT2D eigenvalue weighted by Crippen LogP contribution is 2.40. The second kappa shape index (κ2) is 8.32. The van der Waals surface area contributed by atoms with E-state index < -0.39 is 18.1 Å². The van der Waals surface area contributed by atoms with Crippen LogP contribution < -0.4 is 10.2 Å². The van der Waals surface area contributed by atoms with E-state index in [0.29, 0.717) is 59.1 Å². The van der Waals surface area contributed by atoms with Crippen molar-refractivity contribution >= 4 is 34.1 Å². The standard InChI is InChI=1S/C20H22F3N5O3S/c1-10-16(32-19(24-10)25-12(3)29)14-8-13-9-28(11(2)20(21,22)23)18(30)15(13)17(26-14)27-4-6-31-7-5-27/h8,11H,4-7,9H2,1-3H3,(H,24,25,29)/t11-/m0/s1. The van der Waals surface area contributed by atoms with Crippen molar-refractivity contribution in [2.24, 2.45) is 0 Å². The van der Waals surface area contributed by atoms with Crippen LogP contribution in [0.1, 0.15) is 35.5 Å². The molecule has 0 radical (unpaired) electrons. The number of ether oxygens (including phenoxy) is 1. The van der Waals surface area contributed by atoms with Gasteiger partial charge in [-0.3, -0.25) is 9.59 Å². The quantitative estimate of drug-likeness (QED) is 0.740. The molecule has 0 bridgehead atoms. The van der Waals surface area contributed by atoms with Gasteiger partial charge in [0.25, 0.3) is 5.91 Å². The monoisotopic (exact) mass is 469 g/mol. The van der Waals surface area contributed by atoms with Crippen LogP contribution in [0, 0.1) is 6.92 Å². The van der Waals surface area contributed by atoms with Crippen LogP contribution in [-0.2, 0) is 16.1 Å². The number of nitrogens with one attached hydrogen (secondary N) is 1. The molecule has 2 aromatic heterocycles. The number of carbonyl (C=O) groups excluding carboxylic acids is 2. The molecule has 1 fully saturated rings. The molecule has 8 nitrogen and oxygen atoms in total. The minimum absolute atomic E-state index is 0.155. The lowest BCUT2D eigenvalue weighted by atomic mass is 10.1. The van der Waals surface area contributed by atoms with Crippen LogP contribution in [0.15, 0.2) is 6.07 Å². The summed E-state index contributed by atoms with van der Waals surface area (Å²) in [5, 5.41) is 3.04. The number of carbonyl (C=O) groups is 2. The number of aromatic nitrogens is 2. The molecule has 2 aromatic rings. The molecule has 1 atom stereocenters. The van der Waals surface area contributed by atoms with Crippen LogP contribution in [0.4, 0.5) is 24.1 Å². The van der Waals surface area contributed by atoms with Gasteiger partial charge in [-0.15, -0.1) is 0 Å². The summed E-state index contributed by atoms with van der Waals surface area (Å²) >= 11 is 1.23. The zero-order valence-electron chi connectivity index (χ0n) is 17.7. The lowest BCUT2D eigenvalue weighted by Gasteiger charge is -2.30. The van der Waals surface area contributed by atoms with E-state index in [0.717, 1.165) is 11.8 Å². The van der Waals surface area contributed by atoms with Crippen molar-refractivity contribution in [1.29, 1.82) is 0 Å². The molecule has 2 aliphatic rings. The maximum Gasteiger partial charge on any atom is 0.408 e. The van der Waals surface area contributed by atoms with Crippen molar-refractivity contribution in [3.05, 3.63) is 22.9 Å². The zero-order chi connectivity index (χ0) is 23.2. The molecule has 4 heterocycles. The summed E-state index contributed by atoms with van der Waals surface area (Å²) in [4.78, 5) is 36.9. The van der Waals surface area contributed by atoms with E-state index in [1.54, 1.807) is 13.0 Å². The number of hydrogen-bond acceptors (Lipinski definition) is 7. The third kappa shape index (κ3) is 4.16. The van der Waals surface area contributed by atoms with Crippen molar-refractivity contribution in [3.63, 3.8) is 0 Å². The Hall–Kier alpha value is -2.73. The maximum absolute atomic E-state index is 13.4. The average molecular weight is 469 g/mol. The van der Waals surface area contributed by atoms with Gasteiger partial charge in [-0.1, -0.05) is 11.3 Å². The highest BCUT2D eigenvalue weighted by molar-refractivity contribution is 7.19. The predicted molar refractivity (Wildman–Crippen MR) is 113 cm³/mol. The second-order valence-electron chi connectivity index (χ2n) is 7.73. The van der Waals surface area contributed by atoms with Gasteiger partial charge < -0.3 is 19.9 Å². The number of halogens is 3. The van der Waals surface area contributed by atoms with Gasteiger partial charge in [0, 0.05) is 26.6 Å². The van der Waals surface area contributed by atoms with Gasteiger partial charge in [0.15, 0.2) is 5.13 Å². The number of amides is 2. The van der Waals surface area contributed by atoms with E-state index >= 15 is 0 Å². The third-order valence-corrected chi connectivity index (χ3v) is 6.56. The number of anilines is 2. The van der Waals surface area contributed by atoms with Crippen molar-refractivity contribution in [1.82, 2.24) is 14.9 Å². The number of alkyl halides is 3. The average Bonchev–Trinajstić information content (AvgIpc) is 3.25. The largest absolute Gasteiger partial charge is 0.408 e. The molecule has 0 aromatic carbocycles. The molecule has 0 aliphatic carbocycles. The molecule has 0 spiro atoms. The van der Waals surface area contributed by atoms with E-state index in [4.69, 9.17) is 9.72 Å². The summed E-state index contributed by atoms with van der Waals surface area (Å²) in [6, 6.07) is -0.266. The summed E-state index contributed by atoms with van der Waals surface area (Å²) < 4.78 is 45.5. The number of thiazole rings is 1. The molecule has 172 valence electrons. The normalized spacial score (nSPS) is 17.5. The highest BCUT2D eigenvalue weighted by atomic mass is 32.1. The van der Waals surface area contributed by atoms with E-state index in [1.807, 2.05) is 4.90 Å². The van der Waals surface area contributed by atoms with Crippen molar-refractivity contribution in [3.8, 4) is 10.6 Å². The third-order valence-electron chi connectivity index (χ3n) is 5.46. The number of pyridine rings is 1. The Morgan fingerprint density at radius 3 is 2.59 bits per heavy atom. The first-order valence-electron chi connectivity index (χ1n) is 10.1. The van der Waals surface area contributed by atoms with E-state index in [1.165, 1.54) is 18.3 Å². The van der Waals surface area contributed by atoms with Gasteiger partial charge in [0.2, 0.25) is 5.91 Å². The summed E-state index contributed by atoms with van der Waals surface area (Å²) in [5.74, 6) is -0.578.